The molecule has 0 heterocycles. The second-order valence-corrected chi connectivity index (χ2v) is 4.27. The van der Waals surface area contributed by atoms with E-state index in [1.165, 1.54) is 18.7 Å². The summed E-state index contributed by atoms with van der Waals surface area (Å²) < 4.78 is 4.55. The maximum Gasteiger partial charge on any atom is 0.330 e. The van der Waals surface area contributed by atoms with Crippen LogP contribution in [0.2, 0.25) is 0 Å². The predicted molar refractivity (Wildman–Crippen MR) is 82.9 cm³/mol. The molecule has 0 aliphatic carbocycles. The van der Waals surface area contributed by atoms with E-state index < -0.39 is 0 Å². The molecule has 2 nitrogen and oxygen atoms in total. The first-order chi connectivity index (χ1) is 9.78. The standard InChI is InChI=1S/C18H16O2/c1-20-18(19)14-13-17-11-9-16(10-12-17)8-7-15-5-3-2-4-6-15/h2-14H,1H3. The number of carbonyl (C=O) groups is 1. The van der Waals surface area contributed by atoms with Crippen LogP contribution in [-0.2, 0) is 9.53 Å². The second kappa shape index (κ2) is 7.10. The second-order valence-electron chi connectivity index (χ2n) is 4.27. The summed E-state index contributed by atoms with van der Waals surface area (Å²) in [4.78, 5) is 11.0. The highest BCUT2D eigenvalue weighted by Crippen LogP contribution is 2.10. The maximum atomic E-state index is 11.0. The van der Waals surface area contributed by atoms with Gasteiger partial charge in [-0.1, -0.05) is 66.7 Å². The molecule has 0 saturated heterocycles. The molecule has 0 spiro atoms. The lowest BCUT2D eigenvalue weighted by Crippen LogP contribution is -1.93. The molecule has 2 heteroatoms. The van der Waals surface area contributed by atoms with E-state index in [-0.39, 0.29) is 5.97 Å². The van der Waals surface area contributed by atoms with E-state index >= 15 is 0 Å². The molecule has 2 aromatic carbocycles. The first-order valence-electron chi connectivity index (χ1n) is 6.37. The molecule has 0 aliphatic heterocycles. The van der Waals surface area contributed by atoms with Gasteiger partial charge in [0.2, 0.25) is 0 Å². The molecule has 0 bridgehead atoms. The van der Waals surface area contributed by atoms with Gasteiger partial charge in [0, 0.05) is 6.08 Å². The summed E-state index contributed by atoms with van der Waals surface area (Å²) in [7, 11) is 1.37. The highest BCUT2D eigenvalue weighted by atomic mass is 16.5. The summed E-state index contributed by atoms with van der Waals surface area (Å²) >= 11 is 0. The molecule has 0 unspecified atom stereocenters. The third-order valence-corrected chi connectivity index (χ3v) is 2.82. The number of benzene rings is 2. The van der Waals surface area contributed by atoms with Crippen LogP contribution in [0.1, 0.15) is 16.7 Å². The predicted octanol–water partition coefficient (Wildman–Crippen LogP) is 4.04. The van der Waals surface area contributed by atoms with Crippen LogP contribution in [0.25, 0.3) is 18.2 Å². The molecule has 0 N–H and O–H groups in total. The van der Waals surface area contributed by atoms with Crippen LogP contribution in [0.15, 0.2) is 60.7 Å². The molecule has 20 heavy (non-hydrogen) atoms. The summed E-state index contributed by atoms with van der Waals surface area (Å²) in [6.07, 6.45) is 7.27. The number of ether oxygens (including phenoxy) is 1. The molecule has 0 radical (unpaired) electrons. The Morgan fingerprint density at radius 2 is 1.30 bits per heavy atom. The van der Waals surface area contributed by atoms with Crippen LogP contribution in [0.5, 0.6) is 0 Å². The third kappa shape index (κ3) is 4.25. The van der Waals surface area contributed by atoms with Crippen molar-refractivity contribution in [1.29, 1.82) is 0 Å². The van der Waals surface area contributed by atoms with Gasteiger partial charge in [-0.3, -0.25) is 0 Å². The van der Waals surface area contributed by atoms with E-state index in [1.54, 1.807) is 6.08 Å². The molecular weight excluding hydrogens is 248 g/mol. The monoisotopic (exact) mass is 264 g/mol. The highest BCUT2D eigenvalue weighted by Gasteiger charge is 1.92. The summed E-state index contributed by atoms with van der Waals surface area (Å²) in [5, 5.41) is 0. The number of methoxy groups -OCH3 is 1. The Morgan fingerprint density at radius 1 is 0.800 bits per heavy atom. The highest BCUT2D eigenvalue weighted by molar-refractivity contribution is 5.87. The van der Waals surface area contributed by atoms with Gasteiger partial charge in [-0.15, -0.1) is 0 Å². The van der Waals surface area contributed by atoms with Crippen molar-refractivity contribution in [1.82, 2.24) is 0 Å². The van der Waals surface area contributed by atoms with Gasteiger partial charge in [-0.2, -0.15) is 0 Å². The molecule has 2 rings (SSSR count). The molecule has 0 aromatic heterocycles. The normalized spacial score (nSPS) is 11.1. The first-order valence-corrected chi connectivity index (χ1v) is 6.37. The van der Waals surface area contributed by atoms with Crippen LogP contribution < -0.4 is 0 Å². The molecule has 0 amide bonds. The van der Waals surface area contributed by atoms with Crippen molar-refractivity contribution in [3.8, 4) is 0 Å². The first kappa shape index (κ1) is 13.8. The Kier molecular flexibility index (Phi) is 4.90. The summed E-state index contributed by atoms with van der Waals surface area (Å²) in [6.45, 7) is 0. The van der Waals surface area contributed by atoms with Gasteiger partial charge >= 0.3 is 5.97 Å². The van der Waals surface area contributed by atoms with Gasteiger partial charge in [0.05, 0.1) is 7.11 Å². The average Bonchev–Trinajstić information content (AvgIpc) is 2.52. The zero-order chi connectivity index (χ0) is 14.2. The quantitative estimate of drug-likeness (QED) is 0.473. The number of hydrogen-bond donors (Lipinski definition) is 0. The fraction of sp³-hybridized carbons (Fsp3) is 0.0556. The van der Waals surface area contributed by atoms with Crippen LogP contribution in [0.4, 0.5) is 0 Å². The Morgan fingerprint density at radius 3 is 1.85 bits per heavy atom. The van der Waals surface area contributed by atoms with Crippen molar-refractivity contribution in [3.05, 3.63) is 77.4 Å². The fourth-order valence-corrected chi connectivity index (χ4v) is 1.71. The SMILES string of the molecule is COC(=O)C=Cc1ccc(C=Cc2ccccc2)cc1. The smallest absolute Gasteiger partial charge is 0.330 e. The van der Waals surface area contributed by atoms with Gasteiger partial charge < -0.3 is 4.74 Å². The molecule has 0 saturated carbocycles. The van der Waals surface area contributed by atoms with Gasteiger partial charge in [-0.25, -0.2) is 4.79 Å². The molecule has 0 atom stereocenters. The number of carbonyl (C=O) groups excluding carboxylic acids is 1. The topological polar surface area (TPSA) is 26.3 Å². The van der Waals surface area contributed by atoms with Crippen LogP contribution >= 0.6 is 0 Å². The Bertz CT molecular complexity index is 608. The largest absolute Gasteiger partial charge is 0.466 e. The fourth-order valence-electron chi connectivity index (χ4n) is 1.71. The zero-order valence-electron chi connectivity index (χ0n) is 11.3. The Balaban J connectivity index is 2.03. The van der Waals surface area contributed by atoms with Crippen LogP contribution in [0.3, 0.4) is 0 Å². The van der Waals surface area contributed by atoms with Gasteiger partial charge in [0.1, 0.15) is 0 Å². The number of hydrogen-bond acceptors (Lipinski definition) is 2. The van der Waals surface area contributed by atoms with E-state index in [2.05, 4.69) is 29.0 Å². The van der Waals surface area contributed by atoms with E-state index in [0.717, 1.165) is 11.1 Å². The van der Waals surface area contributed by atoms with Gasteiger partial charge in [0.15, 0.2) is 0 Å². The van der Waals surface area contributed by atoms with Crippen molar-refractivity contribution < 1.29 is 9.53 Å². The van der Waals surface area contributed by atoms with Crippen molar-refractivity contribution in [3.63, 3.8) is 0 Å². The van der Waals surface area contributed by atoms with Gasteiger partial charge in [0.25, 0.3) is 0 Å². The lowest BCUT2D eigenvalue weighted by Gasteiger charge is -1.97. The van der Waals surface area contributed by atoms with E-state index in [9.17, 15) is 4.79 Å². The van der Waals surface area contributed by atoms with Crippen LogP contribution in [0, 0.1) is 0 Å². The number of esters is 1. The molecular formula is C18H16O2. The minimum absolute atomic E-state index is 0.349. The van der Waals surface area contributed by atoms with Crippen LogP contribution in [-0.4, -0.2) is 13.1 Å². The summed E-state index contributed by atoms with van der Waals surface area (Å²) in [5.74, 6) is -0.349. The molecule has 0 fully saturated rings. The minimum Gasteiger partial charge on any atom is -0.466 e. The Labute approximate surface area is 119 Å². The average molecular weight is 264 g/mol. The third-order valence-electron chi connectivity index (χ3n) is 2.82. The maximum absolute atomic E-state index is 11.0. The minimum atomic E-state index is -0.349. The van der Waals surface area contributed by atoms with E-state index in [1.807, 2.05) is 42.5 Å². The number of rotatable bonds is 4. The van der Waals surface area contributed by atoms with Crippen molar-refractivity contribution >= 4 is 24.2 Å². The summed E-state index contributed by atoms with van der Waals surface area (Å²) in [6, 6.07) is 18.1. The molecule has 100 valence electrons. The Hall–Kier alpha value is -2.61. The van der Waals surface area contributed by atoms with Crippen molar-refractivity contribution in [2.24, 2.45) is 0 Å². The van der Waals surface area contributed by atoms with Crippen molar-refractivity contribution in [2.75, 3.05) is 7.11 Å². The molecule has 2 aromatic rings. The zero-order valence-corrected chi connectivity index (χ0v) is 11.3. The lowest BCUT2D eigenvalue weighted by atomic mass is 10.1. The lowest BCUT2D eigenvalue weighted by molar-refractivity contribution is -0.134. The van der Waals surface area contributed by atoms with E-state index in [0.29, 0.717) is 0 Å². The van der Waals surface area contributed by atoms with Crippen molar-refractivity contribution in [2.45, 2.75) is 0 Å². The summed E-state index contributed by atoms with van der Waals surface area (Å²) in [5.41, 5.74) is 3.25. The molecule has 0 aliphatic rings. The van der Waals surface area contributed by atoms with E-state index in [4.69, 9.17) is 0 Å². The van der Waals surface area contributed by atoms with Gasteiger partial charge in [-0.05, 0) is 22.8 Å².